The fourth-order valence-electron chi connectivity index (χ4n) is 2.40. The van der Waals surface area contributed by atoms with Gasteiger partial charge >= 0.3 is 0 Å². The molecule has 1 atom stereocenters. The molecule has 0 saturated carbocycles. The van der Waals surface area contributed by atoms with Crippen LogP contribution in [0.15, 0.2) is 22.7 Å². The number of aryl methyl sites for hydroxylation is 3. The fourth-order valence-corrected chi connectivity index (χ4v) is 2.90. The molecule has 20 heavy (non-hydrogen) atoms. The van der Waals surface area contributed by atoms with E-state index in [-0.39, 0.29) is 11.9 Å². The number of likely N-dealkylation sites (N-methyl/N-ethyl adjacent to an activating group) is 1. The molecule has 0 aliphatic heterocycles. The van der Waals surface area contributed by atoms with Crippen molar-refractivity contribution in [2.75, 3.05) is 7.05 Å². The highest BCUT2D eigenvalue weighted by atomic mass is 79.9. The van der Waals surface area contributed by atoms with E-state index in [1.54, 1.807) is 13.0 Å². The molecule has 0 radical (unpaired) electrons. The molecule has 0 aliphatic carbocycles. The van der Waals surface area contributed by atoms with E-state index in [0.29, 0.717) is 17.5 Å². The van der Waals surface area contributed by atoms with Gasteiger partial charge in [-0.15, -0.1) is 0 Å². The Bertz CT molecular complexity index is 622. The van der Waals surface area contributed by atoms with E-state index in [0.717, 1.165) is 15.9 Å². The molecule has 0 saturated heterocycles. The molecule has 3 nitrogen and oxygen atoms in total. The van der Waals surface area contributed by atoms with Crippen molar-refractivity contribution < 1.29 is 4.39 Å². The summed E-state index contributed by atoms with van der Waals surface area (Å²) in [5.41, 5.74) is 3.37. The molecule has 1 aromatic heterocycles. The number of hydrogen-bond acceptors (Lipinski definition) is 2. The first-order valence-electron chi connectivity index (χ1n) is 6.56. The van der Waals surface area contributed by atoms with E-state index >= 15 is 0 Å². The Labute approximate surface area is 127 Å². The monoisotopic (exact) mass is 339 g/mol. The zero-order valence-corrected chi connectivity index (χ0v) is 13.8. The summed E-state index contributed by atoms with van der Waals surface area (Å²) in [7, 11) is 3.76. The van der Waals surface area contributed by atoms with Crippen LogP contribution in [0.1, 0.15) is 28.6 Å². The SMILES string of the molecule is CNC(Cc1c(Br)c(C)nn1C)c1cccc(C)c1F. The molecule has 5 heteroatoms. The van der Waals surface area contributed by atoms with Crippen LogP contribution in [-0.4, -0.2) is 16.8 Å². The van der Waals surface area contributed by atoms with Gasteiger partial charge in [0.05, 0.1) is 15.9 Å². The van der Waals surface area contributed by atoms with Crippen molar-refractivity contribution in [1.29, 1.82) is 0 Å². The van der Waals surface area contributed by atoms with E-state index < -0.39 is 0 Å². The Hall–Kier alpha value is -1.20. The molecule has 0 aliphatic rings. The minimum atomic E-state index is -0.137. The summed E-state index contributed by atoms with van der Waals surface area (Å²) in [6, 6.07) is 5.43. The van der Waals surface area contributed by atoms with Crippen molar-refractivity contribution in [3.8, 4) is 0 Å². The average molecular weight is 340 g/mol. The first-order chi connectivity index (χ1) is 9.45. The lowest BCUT2D eigenvalue weighted by atomic mass is 9.99. The molecule has 1 unspecified atom stereocenters. The third-order valence-electron chi connectivity index (χ3n) is 3.60. The van der Waals surface area contributed by atoms with E-state index in [1.165, 1.54) is 0 Å². The first-order valence-corrected chi connectivity index (χ1v) is 7.35. The van der Waals surface area contributed by atoms with Crippen LogP contribution in [0.4, 0.5) is 4.39 Å². The van der Waals surface area contributed by atoms with Gasteiger partial charge < -0.3 is 5.32 Å². The molecule has 2 aromatic rings. The minimum absolute atomic E-state index is 0.0824. The maximum Gasteiger partial charge on any atom is 0.130 e. The van der Waals surface area contributed by atoms with Crippen LogP contribution in [0.3, 0.4) is 0 Å². The topological polar surface area (TPSA) is 29.9 Å². The Balaban J connectivity index is 2.36. The molecular formula is C15H19BrFN3. The van der Waals surface area contributed by atoms with Gasteiger partial charge in [-0.2, -0.15) is 5.10 Å². The van der Waals surface area contributed by atoms with Crippen LogP contribution in [0, 0.1) is 19.7 Å². The van der Waals surface area contributed by atoms with Crippen LogP contribution in [-0.2, 0) is 13.5 Å². The zero-order chi connectivity index (χ0) is 14.9. The minimum Gasteiger partial charge on any atom is -0.313 e. The highest BCUT2D eigenvalue weighted by Crippen LogP contribution is 2.27. The lowest BCUT2D eigenvalue weighted by Gasteiger charge is -2.18. The molecule has 0 fully saturated rings. The van der Waals surface area contributed by atoms with Crippen LogP contribution in [0.25, 0.3) is 0 Å². The Morgan fingerprint density at radius 2 is 2.10 bits per heavy atom. The molecule has 0 amide bonds. The smallest absolute Gasteiger partial charge is 0.130 e. The molecule has 1 aromatic carbocycles. The highest BCUT2D eigenvalue weighted by Gasteiger charge is 2.20. The number of benzene rings is 1. The summed E-state index contributed by atoms with van der Waals surface area (Å²) in [6.07, 6.45) is 0.675. The lowest BCUT2D eigenvalue weighted by Crippen LogP contribution is -2.21. The largest absolute Gasteiger partial charge is 0.313 e. The zero-order valence-electron chi connectivity index (χ0n) is 12.2. The van der Waals surface area contributed by atoms with Gasteiger partial charge in [0.2, 0.25) is 0 Å². The van der Waals surface area contributed by atoms with Gasteiger partial charge in [-0.25, -0.2) is 4.39 Å². The van der Waals surface area contributed by atoms with Crippen LogP contribution >= 0.6 is 15.9 Å². The second kappa shape index (κ2) is 6.06. The number of hydrogen-bond donors (Lipinski definition) is 1. The molecular weight excluding hydrogens is 321 g/mol. The van der Waals surface area contributed by atoms with Crippen molar-refractivity contribution in [2.45, 2.75) is 26.3 Å². The van der Waals surface area contributed by atoms with Gasteiger partial charge in [-0.3, -0.25) is 4.68 Å². The number of nitrogens with one attached hydrogen (secondary N) is 1. The molecule has 1 heterocycles. The predicted molar refractivity (Wildman–Crippen MR) is 82.3 cm³/mol. The third-order valence-corrected chi connectivity index (χ3v) is 4.64. The summed E-state index contributed by atoms with van der Waals surface area (Å²) < 4.78 is 17.1. The van der Waals surface area contributed by atoms with Gasteiger partial charge in [0.15, 0.2) is 0 Å². The second-order valence-electron chi connectivity index (χ2n) is 4.99. The Kier molecular flexibility index (Phi) is 4.60. The van der Waals surface area contributed by atoms with Gasteiger partial charge in [0.1, 0.15) is 5.82 Å². The van der Waals surface area contributed by atoms with Crippen molar-refractivity contribution >= 4 is 15.9 Å². The van der Waals surface area contributed by atoms with Gasteiger partial charge in [-0.1, -0.05) is 18.2 Å². The standard InChI is InChI=1S/C15H19BrFN3/c1-9-6-5-7-11(15(9)17)12(18-3)8-13-14(16)10(2)19-20(13)4/h5-7,12,18H,8H2,1-4H3. The number of aromatic nitrogens is 2. The number of halogens is 2. The Morgan fingerprint density at radius 3 is 2.65 bits per heavy atom. The predicted octanol–water partition coefficient (Wildman–Crippen LogP) is 3.44. The van der Waals surface area contributed by atoms with Crippen LogP contribution < -0.4 is 5.32 Å². The summed E-state index contributed by atoms with van der Waals surface area (Å²) in [4.78, 5) is 0. The van der Waals surface area contributed by atoms with E-state index in [4.69, 9.17) is 0 Å². The first kappa shape index (κ1) is 15.2. The molecule has 0 spiro atoms. The summed E-state index contributed by atoms with van der Waals surface area (Å²) in [6.45, 7) is 3.74. The van der Waals surface area contributed by atoms with E-state index in [2.05, 4.69) is 26.3 Å². The van der Waals surface area contributed by atoms with E-state index in [1.807, 2.05) is 37.8 Å². The second-order valence-corrected chi connectivity index (χ2v) is 5.79. The Morgan fingerprint density at radius 1 is 1.40 bits per heavy atom. The average Bonchev–Trinajstić information content (AvgIpc) is 2.65. The lowest BCUT2D eigenvalue weighted by molar-refractivity contribution is 0.515. The normalized spacial score (nSPS) is 12.7. The summed E-state index contributed by atoms with van der Waals surface area (Å²) >= 11 is 3.56. The molecule has 1 N–H and O–H groups in total. The third kappa shape index (κ3) is 2.79. The van der Waals surface area contributed by atoms with Gasteiger partial charge in [-0.05, 0) is 42.4 Å². The van der Waals surface area contributed by atoms with Crippen molar-refractivity contribution in [3.05, 3.63) is 51.0 Å². The maximum absolute atomic E-state index is 14.3. The van der Waals surface area contributed by atoms with Crippen molar-refractivity contribution in [3.63, 3.8) is 0 Å². The molecule has 108 valence electrons. The van der Waals surface area contributed by atoms with Gasteiger partial charge in [0, 0.05) is 25.1 Å². The van der Waals surface area contributed by atoms with Crippen molar-refractivity contribution in [1.82, 2.24) is 15.1 Å². The maximum atomic E-state index is 14.3. The molecule has 2 rings (SSSR count). The molecule has 0 bridgehead atoms. The summed E-state index contributed by atoms with van der Waals surface area (Å²) in [5.74, 6) is -0.137. The van der Waals surface area contributed by atoms with Gasteiger partial charge in [0.25, 0.3) is 0 Å². The highest BCUT2D eigenvalue weighted by molar-refractivity contribution is 9.10. The van der Waals surface area contributed by atoms with Crippen LogP contribution in [0.5, 0.6) is 0 Å². The number of rotatable bonds is 4. The van der Waals surface area contributed by atoms with Crippen molar-refractivity contribution in [2.24, 2.45) is 7.05 Å². The fraction of sp³-hybridized carbons (Fsp3) is 0.400. The van der Waals surface area contributed by atoms with Crippen LogP contribution in [0.2, 0.25) is 0 Å². The quantitative estimate of drug-likeness (QED) is 0.924. The van der Waals surface area contributed by atoms with E-state index in [9.17, 15) is 4.39 Å². The number of nitrogens with zero attached hydrogens (tertiary/aromatic N) is 2. The summed E-state index contributed by atoms with van der Waals surface area (Å²) in [5, 5.41) is 7.58.